The van der Waals surface area contributed by atoms with Crippen LogP contribution in [0.2, 0.25) is 0 Å². The molecule has 0 saturated carbocycles. The van der Waals surface area contributed by atoms with Gasteiger partial charge >= 0.3 is 0 Å². The zero-order valence-electron chi connectivity index (χ0n) is 13.6. The van der Waals surface area contributed by atoms with Crippen molar-refractivity contribution in [2.45, 2.75) is 45.8 Å². The lowest BCUT2D eigenvalue weighted by molar-refractivity contribution is 0.0392. The summed E-state index contributed by atoms with van der Waals surface area (Å²) in [4.78, 5) is 5.36. The fourth-order valence-electron chi connectivity index (χ4n) is 2.28. The molecule has 22 heavy (non-hydrogen) atoms. The van der Waals surface area contributed by atoms with Gasteiger partial charge < -0.3 is 20.0 Å². The van der Waals surface area contributed by atoms with E-state index in [1.807, 2.05) is 32.9 Å². The van der Waals surface area contributed by atoms with E-state index in [1.54, 1.807) is 0 Å². The number of rotatable bonds is 6. The highest BCUT2D eigenvalue weighted by Crippen LogP contribution is 2.25. The molecule has 5 heteroatoms. The van der Waals surface area contributed by atoms with Crippen molar-refractivity contribution in [1.82, 2.24) is 5.32 Å². The second-order valence-electron chi connectivity index (χ2n) is 6.00. The summed E-state index contributed by atoms with van der Waals surface area (Å²) < 4.78 is 5.73. The van der Waals surface area contributed by atoms with Crippen molar-refractivity contribution < 1.29 is 14.7 Å². The van der Waals surface area contributed by atoms with Crippen molar-refractivity contribution in [2.24, 2.45) is 5.16 Å². The van der Waals surface area contributed by atoms with Crippen molar-refractivity contribution in [3.63, 3.8) is 0 Å². The van der Waals surface area contributed by atoms with Crippen molar-refractivity contribution in [1.29, 1.82) is 0 Å². The summed E-state index contributed by atoms with van der Waals surface area (Å²) in [6.07, 6.45) is 1.16. The fourth-order valence-corrected chi connectivity index (χ4v) is 2.28. The van der Waals surface area contributed by atoms with Gasteiger partial charge in [-0.2, -0.15) is 0 Å². The SMILES string of the molecule is Cc1ccc2c(c1)/C(=N\OCC(O)CNC(C)C)CCCO2. The molecule has 2 rings (SSSR count). The molecule has 1 heterocycles. The normalized spacial score (nSPS) is 17.8. The zero-order chi connectivity index (χ0) is 15.9. The average molecular weight is 306 g/mol. The molecule has 0 bridgehead atoms. The summed E-state index contributed by atoms with van der Waals surface area (Å²) in [6.45, 7) is 7.50. The van der Waals surface area contributed by atoms with Crippen LogP contribution in [0.3, 0.4) is 0 Å². The lowest BCUT2D eigenvalue weighted by Gasteiger charge is -2.13. The van der Waals surface area contributed by atoms with E-state index in [4.69, 9.17) is 9.57 Å². The van der Waals surface area contributed by atoms with Crippen LogP contribution in [-0.2, 0) is 4.84 Å². The topological polar surface area (TPSA) is 63.1 Å². The standard InChI is InChI=1S/C17H26N2O3/c1-12(2)18-10-14(20)11-22-19-16-5-4-8-21-17-7-6-13(3)9-15(16)17/h6-7,9,12,14,18,20H,4-5,8,10-11H2,1-3H3/b19-16-. The Kier molecular flexibility index (Phi) is 6.21. The van der Waals surface area contributed by atoms with Gasteiger partial charge in [0, 0.05) is 18.2 Å². The Morgan fingerprint density at radius 3 is 3.00 bits per heavy atom. The molecule has 1 aliphatic heterocycles. The van der Waals surface area contributed by atoms with Crippen LogP contribution >= 0.6 is 0 Å². The van der Waals surface area contributed by atoms with Crippen LogP contribution in [0.5, 0.6) is 5.75 Å². The van der Waals surface area contributed by atoms with Gasteiger partial charge in [-0.3, -0.25) is 0 Å². The number of benzene rings is 1. The van der Waals surface area contributed by atoms with Gasteiger partial charge in [0.1, 0.15) is 18.5 Å². The number of hydrogen-bond donors (Lipinski definition) is 2. The highest BCUT2D eigenvalue weighted by atomic mass is 16.6. The van der Waals surface area contributed by atoms with Gasteiger partial charge in [-0.1, -0.05) is 30.6 Å². The van der Waals surface area contributed by atoms with Crippen LogP contribution in [0.1, 0.15) is 37.8 Å². The van der Waals surface area contributed by atoms with Gasteiger partial charge in [0.05, 0.1) is 12.3 Å². The van der Waals surface area contributed by atoms with Crippen molar-refractivity contribution in [2.75, 3.05) is 19.8 Å². The second kappa shape index (κ2) is 8.15. The molecule has 5 nitrogen and oxygen atoms in total. The zero-order valence-corrected chi connectivity index (χ0v) is 13.6. The van der Waals surface area contributed by atoms with Gasteiger partial charge in [-0.05, 0) is 31.9 Å². The molecular weight excluding hydrogens is 280 g/mol. The van der Waals surface area contributed by atoms with Gasteiger partial charge in [-0.25, -0.2) is 0 Å². The van der Waals surface area contributed by atoms with Crippen LogP contribution in [0, 0.1) is 6.92 Å². The van der Waals surface area contributed by atoms with Crippen molar-refractivity contribution in [3.05, 3.63) is 29.3 Å². The molecule has 0 aromatic heterocycles. The Labute approximate surface area is 132 Å². The molecule has 1 aromatic carbocycles. The van der Waals surface area contributed by atoms with Crippen LogP contribution in [0.25, 0.3) is 0 Å². The molecule has 1 aromatic rings. The smallest absolute Gasteiger partial charge is 0.144 e. The number of ether oxygens (including phenoxy) is 1. The van der Waals surface area contributed by atoms with Gasteiger partial charge in [0.2, 0.25) is 0 Å². The number of aliphatic hydroxyl groups is 1. The number of fused-ring (bicyclic) bond motifs is 1. The Balaban J connectivity index is 1.98. The van der Waals surface area contributed by atoms with Crippen LogP contribution in [-0.4, -0.2) is 42.7 Å². The second-order valence-corrected chi connectivity index (χ2v) is 6.00. The van der Waals surface area contributed by atoms with E-state index in [2.05, 4.69) is 16.5 Å². The largest absolute Gasteiger partial charge is 0.493 e. The molecule has 122 valence electrons. The van der Waals surface area contributed by atoms with Crippen molar-refractivity contribution in [3.8, 4) is 5.75 Å². The third-order valence-electron chi connectivity index (χ3n) is 3.46. The first-order valence-corrected chi connectivity index (χ1v) is 7.90. The van der Waals surface area contributed by atoms with E-state index in [1.165, 1.54) is 0 Å². The monoisotopic (exact) mass is 306 g/mol. The first-order chi connectivity index (χ1) is 10.6. The van der Waals surface area contributed by atoms with Crippen LogP contribution < -0.4 is 10.1 Å². The van der Waals surface area contributed by atoms with Gasteiger partial charge in [0.15, 0.2) is 0 Å². The lowest BCUT2D eigenvalue weighted by Crippen LogP contribution is -2.34. The molecule has 0 aliphatic carbocycles. The maximum Gasteiger partial charge on any atom is 0.144 e. The maximum absolute atomic E-state index is 9.84. The number of nitrogens with zero attached hydrogens (tertiary/aromatic N) is 1. The first kappa shape index (κ1) is 16.8. The number of nitrogens with one attached hydrogen (secondary N) is 1. The Morgan fingerprint density at radius 1 is 1.41 bits per heavy atom. The predicted octanol–water partition coefficient (Wildman–Crippen LogP) is 2.25. The number of aliphatic hydroxyl groups excluding tert-OH is 1. The van der Waals surface area contributed by atoms with E-state index < -0.39 is 6.10 Å². The van der Waals surface area contributed by atoms with E-state index in [0.717, 1.165) is 35.4 Å². The summed E-state index contributed by atoms with van der Waals surface area (Å²) in [6, 6.07) is 6.42. The minimum atomic E-state index is -0.564. The van der Waals surface area contributed by atoms with Crippen molar-refractivity contribution >= 4 is 5.71 Å². The molecule has 0 amide bonds. The van der Waals surface area contributed by atoms with Crippen LogP contribution in [0.4, 0.5) is 0 Å². The molecule has 1 atom stereocenters. The minimum absolute atomic E-state index is 0.186. The fraction of sp³-hybridized carbons (Fsp3) is 0.588. The molecule has 0 radical (unpaired) electrons. The summed E-state index contributed by atoms with van der Waals surface area (Å²) >= 11 is 0. The van der Waals surface area contributed by atoms with Gasteiger partial charge in [-0.15, -0.1) is 0 Å². The van der Waals surface area contributed by atoms with Crippen LogP contribution in [0.15, 0.2) is 23.4 Å². The molecule has 1 aliphatic rings. The highest BCUT2D eigenvalue weighted by molar-refractivity contribution is 6.03. The molecule has 0 saturated heterocycles. The Bertz CT molecular complexity index is 515. The summed E-state index contributed by atoms with van der Waals surface area (Å²) in [5.41, 5.74) is 3.05. The molecule has 0 fully saturated rings. The average Bonchev–Trinajstić information content (AvgIpc) is 2.67. The number of aryl methyl sites for hydroxylation is 1. The third kappa shape index (κ3) is 5.00. The first-order valence-electron chi connectivity index (χ1n) is 7.90. The maximum atomic E-state index is 9.84. The molecule has 1 unspecified atom stereocenters. The minimum Gasteiger partial charge on any atom is -0.493 e. The predicted molar refractivity (Wildman–Crippen MR) is 87.5 cm³/mol. The summed E-state index contributed by atoms with van der Waals surface area (Å²) in [7, 11) is 0. The molecule has 2 N–H and O–H groups in total. The van der Waals surface area contributed by atoms with E-state index >= 15 is 0 Å². The molecular formula is C17H26N2O3. The summed E-state index contributed by atoms with van der Waals surface area (Å²) in [5, 5.41) is 17.3. The third-order valence-corrected chi connectivity index (χ3v) is 3.46. The van der Waals surface area contributed by atoms with E-state index in [-0.39, 0.29) is 6.61 Å². The number of hydrogen-bond acceptors (Lipinski definition) is 5. The van der Waals surface area contributed by atoms with Gasteiger partial charge in [0.25, 0.3) is 0 Å². The quantitative estimate of drug-likeness (QED) is 0.791. The lowest BCUT2D eigenvalue weighted by atomic mass is 10.0. The van der Waals surface area contributed by atoms with E-state index in [0.29, 0.717) is 19.2 Å². The molecule has 0 spiro atoms. The van der Waals surface area contributed by atoms with E-state index in [9.17, 15) is 5.11 Å². The Morgan fingerprint density at radius 2 is 2.23 bits per heavy atom. The Hall–Kier alpha value is -1.59. The number of oxime groups is 1. The highest BCUT2D eigenvalue weighted by Gasteiger charge is 2.16. The summed E-state index contributed by atoms with van der Waals surface area (Å²) in [5.74, 6) is 0.854.